The van der Waals surface area contributed by atoms with Crippen molar-refractivity contribution in [1.29, 1.82) is 0 Å². The highest BCUT2D eigenvalue weighted by atomic mass is 16.5. The van der Waals surface area contributed by atoms with Crippen LogP contribution in [0.15, 0.2) is 72.8 Å². The van der Waals surface area contributed by atoms with Crippen LogP contribution in [0.5, 0.6) is 17.2 Å². The van der Waals surface area contributed by atoms with Gasteiger partial charge in [0.25, 0.3) is 0 Å². The van der Waals surface area contributed by atoms with E-state index < -0.39 is 30.2 Å². The van der Waals surface area contributed by atoms with Gasteiger partial charge < -0.3 is 23.8 Å². The van der Waals surface area contributed by atoms with Crippen molar-refractivity contribution in [3.63, 3.8) is 0 Å². The topological polar surface area (TPSA) is 108 Å². The van der Waals surface area contributed by atoms with Crippen molar-refractivity contribution in [2.75, 3.05) is 31.8 Å². The molecule has 3 aromatic rings. The summed E-state index contributed by atoms with van der Waals surface area (Å²) in [5, 5.41) is 0. The lowest BCUT2D eigenvalue weighted by Crippen LogP contribution is -2.27. The highest BCUT2D eigenvalue weighted by molar-refractivity contribution is 6.01. The summed E-state index contributed by atoms with van der Waals surface area (Å²) in [6, 6.07) is 19.5. The highest BCUT2D eigenvalue weighted by Gasteiger charge is 2.36. The molecule has 1 amide bonds. The molecule has 1 fully saturated rings. The molecule has 0 radical (unpaired) electrons. The fourth-order valence-electron chi connectivity index (χ4n) is 3.97. The summed E-state index contributed by atoms with van der Waals surface area (Å²) < 4.78 is 21.1. The van der Waals surface area contributed by atoms with Gasteiger partial charge in [-0.3, -0.25) is 14.4 Å². The molecule has 1 saturated heterocycles. The largest absolute Gasteiger partial charge is 0.497 e. The number of rotatable bonds is 10. The van der Waals surface area contributed by atoms with Gasteiger partial charge in [-0.2, -0.15) is 0 Å². The Morgan fingerprint density at radius 1 is 0.895 bits per heavy atom. The second-order valence-electron chi connectivity index (χ2n) is 8.51. The number of hydrogen-bond acceptors (Lipinski definition) is 8. The first-order chi connectivity index (χ1) is 18.4. The Morgan fingerprint density at radius 3 is 2.29 bits per heavy atom. The summed E-state index contributed by atoms with van der Waals surface area (Å²) >= 11 is 0. The van der Waals surface area contributed by atoms with Crippen LogP contribution < -0.4 is 19.1 Å². The molecule has 0 aliphatic carbocycles. The molecular weight excluding hydrogens is 490 g/mol. The van der Waals surface area contributed by atoms with Gasteiger partial charge in [0.2, 0.25) is 5.91 Å². The van der Waals surface area contributed by atoms with Crippen molar-refractivity contribution in [1.82, 2.24) is 0 Å². The lowest BCUT2D eigenvalue weighted by molar-refractivity contribution is -0.147. The Hall–Kier alpha value is -4.66. The van der Waals surface area contributed by atoms with Crippen LogP contribution in [0, 0.1) is 5.92 Å². The molecule has 0 saturated carbocycles. The van der Waals surface area contributed by atoms with Crippen LogP contribution in [-0.2, 0) is 14.3 Å². The smallest absolute Gasteiger partial charge is 0.343 e. The third-order valence-electron chi connectivity index (χ3n) is 5.96. The molecular formula is C29H27NO8. The third-order valence-corrected chi connectivity index (χ3v) is 5.96. The fraction of sp³-hybridized carbons (Fsp3) is 0.241. The van der Waals surface area contributed by atoms with Gasteiger partial charge in [0.1, 0.15) is 17.2 Å². The molecule has 9 nitrogen and oxygen atoms in total. The number of nitrogens with zero attached hydrogens (tertiary/aromatic N) is 1. The zero-order valence-corrected chi connectivity index (χ0v) is 21.0. The molecule has 3 aromatic carbocycles. The molecule has 196 valence electrons. The molecule has 0 aromatic heterocycles. The first-order valence-electron chi connectivity index (χ1n) is 12.1. The van der Waals surface area contributed by atoms with Crippen LogP contribution >= 0.6 is 0 Å². The number of carbonyl (C=O) groups excluding carboxylic acids is 4. The number of carbonyl (C=O) groups is 4. The van der Waals surface area contributed by atoms with Crippen LogP contribution in [0.2, 0.25) is 0 Å². The van der Waals surface area contributed by atoms with E-state index in [-0.39, 0.29) is 30.2 Å². The van der Waals surface area contributed by atoms with E-state index in [1.54, 1.807) is 48.5 Å². The summed E-state index contributed by atoms with van der Waals surface area (Å²) in [7, 11) is 1.50. The Bertz CT molecular complexity index is 1320. The summed E-state index contributed by atoms with van der Waals surface area (Å²) in [4.78, 5) is 51.4. The van der Waals surface area contributed by atoms with Gasteiger partial charge in [-0.05, 0) is 73.7 Å². The first-order valence-corrected chi connectivity index (χ1v) is 12.1. The van der Waals surface area contributed by atoms with Gasteiger partial charge in [-0.15, -0.1) is 0 Å². The van der Waals surface area contributed by atoms with Crippen molar-refractivity contribution in [3.05, 3.63) is 83.9 Å². The number of benzene rings is 3. The Balaban J connectivity index is 1.28. The molecule has 0 bridgehead atoms. The minimum absolute atomic E-state index is 0.00753. The Morgan fingerprint density at radius 2 is 1.61 bits per heavy atom. The van der Waals surface area contributed by atoms with Crippen molar-refractivity contribution in [3.8, 4) is 17.2 Å². The number of ketones is 1. The molecule has 38 heavy (non-hydrogen) atoms. The van der Waals surface area contributed by atoms with Crippen LogP contribution in [0.4, 0.5) is 5.69 Å². The van der Waals surface area contributed by atoms with Gasteiger partial charge in [-0.1, -0.05) is 6.07 Å². The summed E-state index contributed by atoms with van der Waals surface area (Å²) in [6.07, 6.45) is 0.00753. The van der Waals surface area contributed by atoms with Gasteiger partial charge in [0.15, 0.2) is 12.4 Å². The minimum atomic E-state index is -0.666. The summed E-state index contributed by atoms with van der Waals surface area (Å²) in [5.74, 6) is -0.976. The van der Waals surface area contributed by atoms with E-state index in [0.717, 1.165) is 0 Å². The predicted molar refractivity (Wildman–Crippen MR) is 138 cm³/mol. The SMILES string of the molecule is CCOc1ccc(N2C[C@H](C(=O)OCC(=O)c3ccc(OC(=O)c4cccc(OC)c4)cc3)CC2=O)cc1. The molecule has 9 heteroatoms. The average Bonchev–Trinajstić information content (AvgIpc) is 3.34. The van der Waals surface area contributed by atoms with Gasteiger partial charge >= 0.3 is 11.9 Å². The molecule has 1 heterocycles. The highest BCUT2D eigenvalue weighted by Crippen LogP contribution is 2.27. The number of Topliss-reactive ketones (excluding diaryl/α,β-unsaturated/α-hetero) is 1. The standard InChI is InChI=1S/C29H27NO8/c1-3-36-23-13-9-22(10-14-23)30-17-21(16-27(30)32)28(33)37-18-26(31)19-7-11-24(12-8-19)38-29(34)20-5-4-6-25(15-20)35-2/h4-15,21H,3,16-18H2,1-2H3/t21-/m1/s1. The molecule has 1 atom stereocenters. The first kappa shape index (κ1) is 26.4. The quantitative estimate of drug-likeness (QED) is 0.225. The van der Waals surface area contributed by atoms with E-state index in [1.807, 2.05) is 6.92 Å². The van der Waals surface area contributed by atoms with Crippen LogP contribution in [0.1, 0.15) is 34.1 Å². The number of anilines is 1. The molecule has 1 aliphatic rings. The van der Waals surface area contributed by atoms with Crippen LogP contribution in [-0.4, -0.2) is 50.5 Å². The third kappa shape index (κ3) is 6.36. The number of esters is 2. The van der Waals surface area contributed by atoms with E-state index in [2.05, 4.69) is 0 Å². The van der Waals surface area contributed by atoms with Crippen molar-refractivity contribution in [2.45, 2.75) is 13.3 Å². The monoisotopic (exact) mass is 517 g/mol. The maximum atomic E-state index is 12.6. The molecule has 1 aliphatic heterocycles. The van der Waals surface area contributed by atoms with Crippen LogP contribution in [0.3, 0.4) is 0 Å². The van der Waals surface area contributed by atoms with E-state index in [4.69, 9.17) is 18.9 Å². The van der Waals surface area contributed by atoms with Gasteiger partial charge in [0, 0.05) is 24.2 Å². The van der Waals surface area contributed by atoms with Gasteiger partial charge in [-0.25, -0.2) is 4.79 Å². The Kier molecular flexibility index (Phi) is 8.37. The average molecular weight is 518 g/mol. The molecule has 4 rings (SSSR count). The Labute approximate surface area is 219 Å². The van der Waals surface area contributed by atoms with Crippen molar-refractivity contribution in [2.24, 2.45) is 5.92 Å². The minimum Gasteiger partial charge on any atom is -0.497 e. The van der Waals surface area contributed by atoms with Crippen molar-refractivity contribution < 1.29 is 38.1 Å². The zero-order valence-electron chi connectivity index (χ0n) is 21.0. The molecule has 0 spiro atoms. The second-order valence-corrected chi connectivity index (χ2v) is 8.51. The summed E-state index contributed by atoms with van der Waals surface area (Å²) in [5.41, 5.74) is 1.28. The lowest BCUT2D eigenvalue weighted by atomic mass is 10.1. The van der Waals surface area contributed by atoms with Crippen molar-refractivity contribution >= 4 is 29.3 Å². The van der Waals surface area contributed by atoms with Crippen LogP contribution in [0.25, 0.3) is 0 Å². The zero-order chi connectivity index (χ0) is 27.1. The summed E-state index contributed by atoms with van der Waals surface area (Å²) in [6.45, 7) is 2.13. The van der Waals surface area contributed by atoms with E-state index in [1.165, 1.54) is 36.3 Å². The second kappa shape index (κ2) is 12.1. The maximum absolute atomic E-state index is 12.6. The number of hydrogen-bond donors (Lipinski definition) is 0. The fourth-order valence-corrected chi connectivity index (χ4v) is 3.97. The number of ether oxygens (including phenoxy) is 4. The van der Waals surface area contributed by atoms with E-state index in [9.17, 15) is 19.2 Å². The lowest BCUT2D eigenvalue weighted by Gasteiger charge is -2.17. The predicted octanol–water partition coefficient (Wildman–Crippen LogP) is 4.09. The maximum Gasteiger partial charge on any atom is 0.343 e. The number of methoxy groups -OCH3 is 1. The van der Waals surface area contributed by atoms with E-state index in [0.29, 0.717) is 29.4 Å². The van der Waals surface area contributed by atoms with E-state index >= 15 is 0 Å². The normalized spacial score (nSPS) is 14.6. The molecule has 0 N–H and O–H groups in total. The molecule has 0 unspecified atom stereocenters. The number of amides is 1. The van der Waals surface area contributed by atoms with Gasteiger partial charge in [0.05, 0.1) is 25.2 Å².